The summed E-state index contributed by atoms with van der Waals surface area (Å²) in [5.74, 6) is -1.47. The van der Waals surface area contributed by atoms with E-state index < -0.39 is 11.7 Å². The van der Waals surface area contributed by atoms with Crippen molar-refractivity contribution >= 4 is 35.1 Å². The van der Waals surface area contributed by atoms with Gasteiger partial charge >= 0.3 is 6.09 Å². The van der Waals surface area contributed by atoms with Gasteiger partial charge in [-0.2, -0.15) is 4.37 Å². The van der Waals surface area contributed by atoms with Gasteiger partial charge < -0.3 is 20.1 Å². The highest BCUT2D eigenvalue weighted by atomic mass is 35.5. The van der Waals surface area contributed by atoms with E-state index in [1.807, 2.05) is 11.8 Å². The summed E-state index contributed by atoms with van der Waals surface area (Å²) in [6, 6.07) is 11.4. The molecule has 1 atom stereocenters. The fourth-order valence-electron chi connectivity index (χ4n) is 3.97. The maximum atomic E-state index is 14.3. The third-order valence-corrected chi connectivity index (χ3v) is 7.02. The second-order valence-electron chi connectivity index (χ2n) is 8.41. The first-order chi connectivity index (χ1) is 16.8. The van der Waals surface area contributed by atoms with E-state index in [4.69, 9.17) is 16.3 Å². The van der Waals surface area contributed by atoms with E-state index >= 15 is 0 Å². The molecule has 2 amide bonds. The van der Waals surface area contributed by atoms with Crippen molar-refractivity contribution in [2.75, 3.05) is 13.2 Å². The number of nitrogens with one attached hydrogen (secondary N) is 1. The third kappa shape index (κ3) is 6.10. The number of nitrogens with zero attached hydrogens (tertiary/aromatic N) is 2. The Labute approximate surface area is 211 Å². The number of aromatic hydroxyl groups is 1. The fourth-order valence-corrected chi connectivity index (χ4v) is 4.87. The number of carbonyl (C=O) groups is 2. The molecule has 3 heterocycles. The first kappa shape index (κ1) is 24.9. The predicted octanol–water partition coefficient (Wildman–Crippen LogP) is 5.54. The zero-order chi connectivity index (χ0) is 24.9. The number of benzene rings is 2. The Morgan fingerprint density at radius 1 is 1.29 bits per heavy atom. The Morgan fingerprint density at radius 3 is 2.74 bits per heavy atom. The number of piperidine rings is 1. The smallest absolute Gasteiger partial charge is 0.410 e. The first-order valence-electron chi connectivity index (χ1n) is 11.2. The van der Waals surface area contributed by atoms with E-state index in [2.05, 4.69) is 9.69 Å². The summed E-state index contributed by atoms with van der Waals surface area (Å²) in [5.41, 5.74) is 1.72. The zero-order valence-corrected chi connectivity index (χ0v) is 20.7. The number of halogens is 2. The highest BCUT2D eigenvalue weighted by molar-refractivity contribution is 7.09. The van der Waals surface area contributed by atoms with E-state index in [9.17, 15) is 19.1 Å². The van der Waals surface area contributed by atoms with Gasteiger partial charge in [0.15, 0.2) is 0 Å². The summed E-state index contributed by atoms with van der Waals surface area (Å²) in [6.45, 7) is 3.57. The van der Waals surface area contributed by atoms with Gasteiger partial charge in [-0.25, -0.2) is 9.18 Å². The van der Waals surface area contributed by atoms with E-state index in [1.165, 1.54) is 6.42 Å². The zero-order valence-electron chi connectivity index (χ0n) is 19.1. The van der Waals surface area contributed by atoms with Gasteiger partial charge in [-0.15, -0.1) is 0 Å². The van der Waals surface area contributed by atoms with Crippen molar-refractivity contribution in [1.29, 1.82) is 0 Å². The molecule has 0 aliphatic carbocycles. The maximum absolute atomic E-state index is 14.3. The van der Waals surface area contributed by atoms with Crippen LogP contribution in [0.1, 0.15) is 40.9 Å². The molecule has 1 aromatic heterocycles. The maximum Gasteiger partial charge on any atom is 0.410 e. The first-order valence-corrected chi connectivity index (χ1v) is 12.4. The summed E-state index contributed by atoms with van der Waals surface area (Å²) in [5, 5.41) is 13.4. The lowest BCUT2D eigenvalue weighted by atomic mass is 10.0. The Hall–Kier alpha value is -3.17. The lowest BCUT2D eigenvalue weighted by Gasteiger charge is -2.25. The van der Waals surface area contributed by atoms with Crippen LogP contribution in [0.4, 0.5) is 9.18 Å². The fraction of sp³-hybridized carbons (Fsp3) is 0.320. The average molecular weight is 518 g/mol. The summed E-state index contributed by atoms with van der Waals surface area (Å²) >= 11 is 6.97. The van der Waals surface area contributed by atoms with Crippen LogP contribution in [0.15, 0.2) is 42.5 Å². The molecule has 2 saturated heterocycles. The molecule has 2 N–H and O–H groups in total. The van der Waals surface area contributed by atoms with E-state index in [-0.39, 0.29) is 24.0 Å². The molecule has 3 aromatic rings. The second-order valence-corrected chi connectivity index (χ2v) is 9.65. The lowest BCUT2D eigenvalue weighted by molar-refractivity contribution is 0.0946. The van der Waals surface area contributed by atoms with Crippen LogP contribution in [0.25, 0.3) is 10.4 Å². The SMILES string of the molecule is Cc1cc(-c2cc(F)c(C(=O)NCc3ccc(Cl)cc3)cc2O)sn1.O=C1OCC2CCCCN12. The molecule has 7 nitrogen and oxygen atoms in total. The molecule has 2 aliphatic rings. The quantitative estimate of drug-likeness (QED) is 0.474. The van der Waals surface area contributed by atoms with Crippen molar-refractivity contribution in [3.05, 3.63) is 70.1 Å². The van der Waals surface area contributed by atoms with Crippen molar-refractivity contribution in [3.63, 3.8) is 0 Å². The number of rotatable bonds is 4. The molecular weight excluding hydrogens is 493 g/mol. The van der Waals surface area contributed by atoms with Crippen LogP contribution in [0, 0.1) is 12.7 Å². The number of hydrogen-bond acceptors (Lipinski definition) is 6. The van der Waals surface area contributed by atoms with Crippen molar-refractivity contribution in [2.24, 2.45) is 0 Å². The number of fused-ring (bicyclic) bond motifs is 1. The molecule has 2 aliphatic heterocycles. The topological polar surface area (TPSA) is 91.8 Å². The van der Waals surface area contributed by atoms with Gasteiger partial charge in [0.2, 0.25) is 0 Å². The molecule has 0 radical (unpaired) electrons. The standard InChI is InChI=1S/C18H14ClFN2O2S.C7H11NO2/c1-10-6-17(25-22-10)14-7-15(20)13(8-16(14)23)18(24)21-9-11-2-4-12(19)5-3-11;9-7-8-4-2-1-3-6(8)5-10-7/h2-8,23H,9H2,1H3,(H,21,24);6H,1-5H2. The molecule has 5 rings (SSSR count). The van der Waals surface area contributed by atoms with Crippen LogP contribution in [0.3, 0.4) is 0 Å². The van der Waals surface area contributed by atoms with Gasteiger partial charge in [0.05, 0.1) is 22.2 Å². The summed E-state index contributed by atoms with van der Waals surface area (Å²) in [7, 11) is 0. The van der Waals surface area contributed by atoms with Gasteiger partial charge in [-0.05, 0) is 73.6 Å². The average Bonchev–Trinajstić information content (AvgIpc) is 3.46. The number of phenolic OH excluding ortho intramolecular Hbond substituents is 1. The van der Waals surface area contributed by atoms with Gasteiger partial charge in [0, 0.05) is 23.7 Å². The summed E-state index contributed by atoms with van der Waals surface area (Å²) < 4.78 is 23.3. The Kier molecular flexibility index (Phi) is 7.87. The van der Waals surface area contributed by atoms with Gasteiger partial charge in [0.25, 0.3) is 5.91 Å². The number of amides is 2. The Morgan fingerprint density at radius 2 is 2.06 bits per heavy atom. The lowest BCUT2D eigenvalue weighted by Crippen LogP contribution is -2.37. The molecule has 0 saturated carbocycles. The van der Waals surface area contributed by atoms with Crippen LogP contribution < -0.4 is 5.32 Å². The third-order valence-electron chi connectivity index (χ3n) is 5.85. The highest BCUT2D eigenvalue weighted by Gasteiger charge is 2.34. The van der Waals surface area contributed by atoms with E-state index in [1.54, 1.807) is 30.3 Å². The molecule has 0 spiro atoms. The van der Waals surface area contributed by atoms with Gasteiger partial charge in [-0.1, -0.05) is 23.7 Å². The van der Waals surface area contributed by atoms with Crippen LogP contribution in [0.5, 0.6) is 5.75 Å². The van der Waals surface area contributed by atoms with Gasteiger partial charge in [0.1, 0.15) is 18.2 Å². The normalized spacial score (nSPS) is 16.7. The van der Waals surface area contributed by atoms with E-state index in [0.717, 1.165) is 54.3 Å². The summed E-state index contributed by atoms with van der Waals surface area (Å²) in [6.07, 6.45) is 3.42. The van der Waals surface area contributed by atoms with Crippen LogP contribution in [-0.2, 0) is 11.3 Å². The number of ether oxygens (including phenoxy) is 1. The molecule has 35 heavy (non-hydrogen) atoms. The molecular formula is C25H25ClFN3O4S. The van der Waals surface area contributed by atoms with Crippen molar-refractivity contribution in [3.8, 4) is 16.2 Å². The Balaban J connectivity index is 0.000000239. The number of aromatic nitrogens is 1. The van der Waals surface area contributed by atoms with E-state index in [0.29, 0.717) is 28.1 Å². The van der Waals surface area contributed by atoms with Gasteiger partial charge in [-0.3, -0.25) is 4.79 Å². The molecule has 184 valence electrons. The molecule has 0 bridgehead atoms. The number of aryl methyl sites for hydroxylation is 1. The van der Waals surface area contributed by atoms with Crippen molar-refractivity contribution in [1.82, 2.24) is 14.6 Å². The monoisotopic (exact) mass is 517 g/mol. The minimum atomic E-state index is -0.701. The summed E-state index contributed by atoms with van der Waals surface area (Å²) in [4.78, 5) is 25.6. The number of carbonyl (C=O) groups excluding carboxylic acids is 2. The second kappa shape index (κ2) is 11.0. The van der Waals surface area contributed by atoms with Crippen LogP contribution >= 0.6 is 23.1 Å². The van der Waals surface area contributed by atoms with Crippen molar-refractivity contribution < 1.29 is 23.8 Å². The molecule has 10 heteroatoms. The molecule has 1 unspecified atom stereocenters. The minimum absolute atomic E-state index is 0.107. The van der Waals surface area contributed by atoms with Crippen molar-refractivity contribution in [2.45, 2.75) is 38.8 Å². The Bertz CT molecular complexity index is 1220. The minimum Gasteiger partial charge on any atom is -0.507 e. The number of cyclic esters (lactones) is 1. The predicted molar refractivity (Wildman–Crippen MR) is 132 cm³/mol. The number of phenols is 1. The molecule has 2 fully saturated rings. The number of hydrogen-bond donors (Lipinski definition) is 2. The largest absolute Gasteiger partial charge is 0.507 e. The highest BCUT2D eigenvalue weighted by Crippen LogP contribution is 2.34. The molecule has 2 aromatic carbocycles. The van der Waals surface area contributed by atoms with Crippen LogP contribution in [-0.4, -0.2) is 45.6 Å². The van der Waals surface area contributed by atoms with Crippen LogP contribution in [0.2, 0.25) is 5.02 Å².